The van der Waals surface area contributed by atoms with Gasteiger partial charge in [-0.2, -0.15) is 0 Å². The van der Waals surface area contributed by atoms with E-state index in [1.807, 2.05) is 25.1 Å². The SMILES string of the molecule is CC1(c2ccccc2O)OCCC1CN. The molecule has 1 saturated heterocycles. The first kappa shape index (κ1) is 10.5. The molecule has 3 N–H and O–H groups in total. The third-order valence-electron chi connectivity index (χ3n) is 3.37. The van der Waals surface area contributed by atoms with Crippen LogP contribution in [0.2, 0.25) is 0 Å². The fourth-order valence-electron chi connectivity index (χ4n) is 2.34. The van der Waals surface area contributed by atoms with E-state index in [0.717, 1.165) is 12.0 Å². The number of para-hydroxylation sites is 1. The van der Waals surface area contributed by atoms with E-state index in [0.29, 0.717) is 18.9 Å². The number of phenolic OH excluding ortho intramolecular Hbond substituents is 1. The third kappa shape index (κ3) is 1.62. The summed E-state index contributed by atoms with van der Waals surface area (Å²) in [6.07, 6.45) is 0.960. The zero-order chi connectivity index (χ0) is 10.9. The second kappa shape index (κ2) is 3.83. The van der Waals surface area contributed by atoms with Crippen LogP contribution in [0.4, 0.5) is 0 Å². The average molecular weight is 207 g/mol. The molecule has 2 rings (SSSR count). The summed E-state index contributed by atoms with van der Waals surface area (Å²) in [5.41, 5.74) is 6.15. The van der Waals surface area contributed by atoms with E-state index in [9.17, 15) is 5.11 Å². The van der Waals surface area contributed by atoms with Gasteiger partial charge in [0.2, 0.25) is 0 Å². The van der Waals surface area contributed by atoms with Gasteiger partial charge in [-0.15, -0.1) is 0 Å². The van der Waals surface area contributed by atoms with Crippen LogP contribution < -0.4 is 5.73 Å². The predicted octanol–water partition coefficient (Wildman–Crippen LogP) is 1.60. The van der Waals surface area contributed by atoms with Crippen LogP contribution >= 0.6 is 0 Å². The zero-order valence-corrected chi connectivity index (χ0v) is 8.94. The largest absolute Gasteiger partial charge is 0.508 e. The Morgan fingerprint density at radius 1 is 1.53 bits per heavy atom. The highest BCUT2D eigenvalue weighted by molar-refractivity contribution is 5.37. The molecule has 0 aliphatic carbocycles. The molecule has 2 atom stereocenters. The standard InChI is InChI=1S/C12H17NO2/c1-12(9(8-13)6-7-15-12)10-4-2-3-5-11(10)14/h2-5,9,14H,6-8,13H2,1H3. The van der Waals surface area contributed by atoms with E-state index in [1.165, 1.54) is 0 Å². The van der Waals surface area contributed by atoms with Crippen LogP contribution in [-0.2, 0) is 10.3 Å². The molecular formula is C12H17NO2. The van der Waals surface area contributed by atoms with E-state index in [2.05, 4.69) is 0 Å². The second-order valence-electron chi connectivity index (χ2n) is 4.19. The van der Waals surface area contributed by atoms with Crippen molar-refractivity contribution in [2.24, 2.45) is 11.7 Å². The van der Waals surface area contributed by atoms with Gasteiger partial charge >= 0.3 is 0 Å². The summed E-state index contributed by atoms with van der Waals surface area (Å²) in [4.78, 5) is 0. The van der Waals surface area contributed by atoms with E-state index in [-0.39, 0.29) is 5.92 Å². The molecule has 1 aromatic carbocycles. The molecule has 0 bridgehead atoms. The first-order valence-corrected chi connectivity index (χ1v) is 5.31. The molecule has 0 aromatic heterocycles. The number of benzene rings is 1. The van der Waals surface area contributed by atoms with E-state index < -0.39 is 5.60 Å². The molecule has 0 radical (unpaired) electrons. The molecule has 1 aliphatic heterocycles. The van der Waals surface area contributed by atoms with Gasteiger partial charge in [0, 0.05) is 18.1 Å². The lowest BCUT2D eigenvalue weighted by Gasteiger charge is -2.30. The predicted molar refractivity (Wildman–Crippen MR) is 58.6 cm³/mol. The molecule has 0 amide bonds. The van der Waals surface area contributed by atoms with Gasteiger partial charge in [0.15, 0.2) is 0 Å². The summed E-state index contributed by atoms with van der Waals surface area (Å²) in [5.74, 6) is 0.575. The molecule has 15 heavy (non-hydrogen) atoms. The monoisotopic (exact) mass is 207 g/mol. The average Bonchev–Trinajstić information content (AvgIpc) is 2.61. The van der Waals surface area contributed by atoms with E-state index >= 15 is 0 Å². The molecule has 0 saturated carbocycles. The van der Waals surface area contributed by atoms with Gasteiger partial charge < -0.3 is 15.6 Å². The first-order chi connectivity index (χ1) is 7.18. The molecule has 1 heterocycles. The molecule has 1 aliphatic rings. The Morgan fingerprint density at radius 3 is 2.93 bits per heavy atom. The maximum atomic E-state index is 9.83. The van der Waals surface area contributed by atoms with Gasteiger partial charge in [0.25, 0.3) is 0 Å². The molecule has 82 valence electrons. The van der Waals surface area contributed by atoms with Crippen molar-refractivity contribution in [3.8, 4) is 5.75 Å². The van der Waals surface area contributed by atoms with Crippen molar-refractivity contribution in [1.29, 1.82) is 0 Å². The lowest BCUT2D eigenvalue weighted by Crippen LogP contribution is -2.33. The number of hydrogen-bond donors (Lipinski definition) is 2. The number of rotatable bonds is 2. The highest BCUT2D eigenvalue weighted by Crippen LogP contribution is 2.43. The van der Waals surface area contributed by atoms with Gasteiger partial charge in [-0.1, -0.05) is 18.2 Å². The quantitative estimate of drug-likeness (QED) is 0.774. The van der Waals surface area contributed by atoms with Crippen molar-refractivity contribution < 1.29 is 9.84 Å². The normalized spacial score (nSPS) is 30.7. The minimum atomic E-state index is -0.430. The van der Waals surface area contributed by atoms with Crippen LogP contribution in [0.5, 0.6) is 5.75 Å². The van der Waals surface area contributed by atoms with E-state index in [1.54, 1.807) is 6.07 Å². The van der Waals surface area contributed by atoms with Crippen molar-refractivity contribution in [3.63, 3.8) is 0 Å². The molecular weight excluding hydrogens is 190 g/mol. The molecule has 3 heteroatoms. The van der Waals surface area contributed by atoms with Crippen molar-refractivity contribution in [2.75, 3.05) is 13.2 Å². The Hall–Kier alpha value is -1.06. The molecule has 3 nitrogen and oxygen atoms in total. The number of hydrogen-bond acceptors (Lipinski definition) is 3. The van der Waals surface area contributed by atoms with Crippen LogP contribution in [0.3, 0.4) is 0 Å². The maximum absolute atomic E-state index is 9.83. The Kier molecular flexibility index (Phi) is 2.67. The minimum Gasteiger partial charge on any atom is -0.508 e. The number of phenols is 1. The van der Waals surface area contributed by atoms with Gasteiger partial charge in [-0.25, -0.2) is 0 Å². The van der Waals surface area contributed by atoms with Gasteiger partial charge in [0.1, 0.15) is 5.75 Å². The van der Waals surface area contributed by atoms with Gasteiger partial charge in [-0.3, -0.25) is 0 Å². The van der Waals surface area contributed by atoms with Gasteiger partial charge in [0.05, 0.1) is 5.60 Å². The van der Waals surface area contributed by atoms with Crippen LogP contribution in [0.25, 0.3) is 0 Å². The van der Waals surface area contributed by atoms with Crippen molar-refractivity contribution in [2.45, 2.75) is 18.9 Å². The lowest BCUT2D eigenvalue weighted by molar-refractivity contribution is -0.00960. The van der Waals surface area contributed by atoms with Crippen molar-refractivity contribution in [3.05, 3.63) is 29.8 Å². The smallest absolute Gasteiger partial charge is 0.121 e. The summed E-state index contributed by atoms with van der Waals surface area (Å²) >= 11 is 0. The summed E-state index contributed by atoms with van der Waals surface area (Å²) in [6, 6.07) is 7.32. The highest BCUT2D eigenvalue weighted by atomic mass is 16.5. The summed E-state index contributed by atoms with van der Waals surface area (Å²) in [5, 5.41) is 9.83. The Bertz CT molecular complexity index is 353. The van der Waals surface area contributed by atoms with Crippen LogP contribution in [0, 0.1) is 5.92 Å². The molecule has 2 unspecified atom stereocenters. The highest BCUT2D eigenvalue weighted by Gasteiger charge is 2.42. The molecule has 1 fully saturated rings. The first-order valence-electron chi connectivity index (χ1n) is 5.31. The summed E-state index contributed by atoms with van der Waals surface area (Å²) in [6.45, 7) is 3.31. The Labute approximate surface area is 89.9 Å². The summed E-state index contributed by atoms with van der Waals surface area (Å²) in [7, 11) is 0. The third-order valence-corrected chi connectivity index (χ3v) is 3.37. The Balaban J connectivity index is 2.40. The number of nitrogens with two attached hydrogens (primary N) is 1. The van der Waals surface area contributed by atoms with Crippen LogP contribution in [-0.4, -0.2) is 18.3 Å². The Morgan fingerprint density at radius 2 is 2.27 bits per heavy atom. The molecule has 1 aromatic rings. The minimum absolute atomic E-state index is 0.283. The summed E-state index contributed by atoms with van der Waals surface area (Å²) < 4.78 is 5.77. The number of ether oxygens (including phenoxy) is 1. The van der Waals surface area contributed by atoms with Crippen molar-refractivity contribution in [1.82, 2.24) is 0 Å². The second-order valence-corrected chi connectivity index (χ2v) is 4.19. The number of aromatic hydroxyl groups is 1. The fraction of sp³-hybridized carbons (Fsp3) is 0.500. The van der Waals surface area contributed by atoms with Crippen LogP contribution in [0.1, 0.15) is 18.9 Å². The molecule has 0 spiro atoms. The topological polar surface area (TPSA) is 55.5 Å². The van der Waals surface area contributed by atoms with Crippen LogP contribution in [0.15, 0.2) is 24.3 Å². The lowest BCUT2D eigenvalue weighted by atomic mass is 9.82. The van der Waals surface area contributed by atoms with Gasteiger partial charge in [-0.05, 0) is 26.0 Å². The zero-order valence-electron chi connectivity index (χ0n) is 8.94. The van der Waals surface area contributed by atoms with E-state index in [4.69, 9.17) is 10.5 Å². The fourth-order valence-corrected chi connectivity index (χ4v) is 2.34. The maximum Gasteiger partial charge on any atom is 0.121 e. The van der Waals surface area contributed by atoms with Crippen molar-refractivity contribution >= 4 is 0 Å².